The first-order chi connectivity index (χ1) is 12.2. The number of ether oxygens (including phenoxy) is 1. The number of amides is 2. The first-order valence-corrected chi connectivity index (χ1v) is 8.51. The molecule has 1 aromatic rings. The highest BCUT2D eigenvalue weighted by atomic mass is 35.5. The topological polar surface area (TPSA) is 140 Å². The number of halogens is 1. The monoisotopic (exact) mass is 403 g/mol. The highest BCUT2D eigenvalue weighted by Gasteiger charge is 2.19. The van der Waals surface area contributed by atoms with Crippen LogP contribution >= 0.6 is 0 Å². The van der Waals surface area contributed by atoms with Crippen molar-refractivity contribution < 1.29 is 36.3 Å². The van der Waals surface area contributed by atoms with Crippen molar-refractivity contribution in [2.45, 2.75) is 25.7 Å². The third kappa shape index (κ3) is 8.44. The summed E-state index contributed by atoms with van der Waals surface area (Å²) < 4.78 is 6.58. The maximum atomic E-state index is 11.9. The number of unbranched alkanes of at least 4 members (excludes halogenated alkanes) is 3. The molecule has 7 N–H and O–H groups in total. The number of phenols is 1. The van der Waals surface area contributed by atoms with E-state index in [2.05, 4.69) is 21.1 Å². The smallest absolute Gasteiger partial charge is 0.269 e. The number of nitrogens with one attached hydrogen (secondary N) is 2. The van der Waals surface area contributed by atoms with Crippen LogP contribution in [0.2, 0.25) is 0 Å². The largest absolute Gasteiger partial charge is 1.00 e. The van der Waals surface area contributed by atoms with E-state index in [-0.39, 0.29) is 35.0 Å². The Balaban J connectivity index is 0.00000676. The number of aromatic hydroxyl groups is 1. The lowest BCUT2D eigenvalue weighted by Crippen LogP contribution is -3.00. The van der Waals surface area contributed by atoms with Crippen LogP contribution in [0.3, 0.4) is 0 Å². The molecule has 0 spiro atoms. The van der Waals surface area contributed by atoms with Gasteiger partial charge >= 0.3 is 0 Å². The number of nitrogens with zero attached hydrogens (tertiary/aromatic N) is 1. The molecule has 0 aliphatic rings. The summed E-state index contributed by atoms with van der Waals surface area (Å²) in [6, 6.07) is 2.41. The van der Waals surface area contributed by atoms with Gasteiger partial charge < -0.3 is 26.7 Å². The molecule has 2 amide bonds. The first-order valence-electron chi connectivity index (χ1n) is 8.51. The van der Waals surface area contributed by atoms with Crippen molar-refractivity contribution >= 4 is 11.8 Å². The van der Waals surface area contributed by atoms with Gasteiger partial charge in [-0.05, 0) is 37.8 Å². The second kappa shape index (κ2) is 11.6. The molecule has 0 saturated carbocycles. The van der Waals surface area contributed by atoms with E-state index < -0.39 is 11.8 Å². The maximum Gasteiger partial charge on any atom is 0.269 e. The summed E-state index contributed by atoms with van der Waals surface area (Å²) >= 11 is 0. The number of benzene rings is 1. The van der Waals surface area contributed by atoms with E-state index in [1.165, 1.54) is 6.07 Å². The third-order valence-corrected chi connectivity index (χ3v) is 3.83. The van der Waals surface area contributed by atoms with Crippen molar-refractivity contribution in [3.05, 3.63) is 23.3 Å². The van der Waals surface area contributed by atoms with Gasteiger partial charge in [0, 0.05) is 0 Å². The fourth-order valence-electron chi connectivity index (χ4n) is 2.43. The average molecular weight is 404 g/mol. The first kappa shape index (κ1) is 24.9. The van der Waals surface area contributed by atoms with Crippen molar-refractivity contribution in [2.24, 2.45) is 11.7 Å². The third-order valence-electron chi connectivity index (χ3n) is 3.83. The lowest BCUT2D eigenvalue weighted by Gasteiger charge is -2.23. The van der Waals surface area contributed by atoms with Crippen LogP contribution in [0.1, 0.15) is 46.4 Å². The Bertz CT molecular complexity index is 634. The molecular weight excluding hydrogens is 374 g/mol. The minimum absolute atomic E-state index is 0. The molecule has 27 heavy (non-hydrogen) atoms. The molecule has 9 nitrogen and oxygen atoms in total. The molecule has 0 aromatic heterocycles. The summed E-state index contributed by atoms with van der Waals surface area (Å²) in [5, 5.41) is 9.90. The Morgan fingerprint density at radius 2 is 1.56 bits per heavy atom. The highest BCUT2D eigenvalue weighted by Crippen LogP contribution is 2.28. The van der Waals surface area contributed by atoms with Gasteiger partial charge in [-0.2, -0.15) is 0 Å². The fraction of sp³-hybridized carbons (Fsp3) is 0.529. The number of rotatable bonds is 10. The number of carbonyl (C=O) groups excluding carboxylic acids is 2. The Morgan fingerprint density at radius 1 is 1.00 bits per heavy atom. The van der Waals surface area contributed by atoms with Crippen LogP contribution < -0.4 is 39.7 Å². The van der Waals surface area contributed by atoms with Gasteiger partial charge in [0.1, 0.15) is 11.5 Å². The summed E-state index contributed by atoms with van der Waals surface area (Å²) in [7, 11) is 6.48. The molecule has 0 aliphatic carbocycles. The van der Waals surface area contributed by atoms with Crippen LogP contribution in [-0.4, -0.2) is 55.7 Å². The number of nitrogens with two attached hydrogens (primary N) is 2. The number of hydrazine groups is 2. The van der Waals surface area contributed by atoms with E-state index in [9.17, 15) is 14.7 Å². The molecule has 0 unspecified atom stereocenters. The Hall–Kier alpha value is -2.07. The van der Waals surface area contributed by atoms with E-state index in [0.717, 1.165) is 42.8 Å². The number of hydrogen-bond acceptors (Lipinski definition) is 6. The fourth-order valence-corrected chi connectivity index (χ4v) is 2.43. The zero-order chi connectivity index (χ0) is 19.7. The zero-order valence-corrected chi connectivity index (χ0v) is 16.8. The summed E-state index contributed by atoms with van der Waals surface area (Å²) in [5.74, 6) is 8.71. The second-order valence-corrected chi connectivity index (χ2v) is 7.09. The molecule has 0 atom stereocenters. The Kier molecular flexibility index (Phi) is 10.7. The van der Waals surface area contributed by atoms with Gasteiger partial charge in [-0.3, -0.25) is 20.4 Å². The molecule has 154 valence electrons. The lowest BCUT2D eigenvalue weighted by molar-refractivity contribution is -0.870. The molecule has 1 aromatic carbocycles. The number of phenolic OH excluding ortho intramolecular Hbond substituents is 1. The van der Waals surface area contributed by atoms with Crippen LogP contribution in [0.25, 0.3) is 0 Å². The Labute approximate surface area is 166 Å². The highest BCUT2D eigenvalue weighted by molar-refractivity contribution is 6.01. The molecule has 0 fully saturated rings. The van der Waals surface area contributed by atoms with Crippen LogP contribution in [0.5, 0.6) is 11.5 Å². The maximum absolute atomic E-state index is 11.9. The molecular formula is C17H30ClN5O4. The van der Waals surface area contributed by atoms with Gasteiger partial charge in [-0.15, -0.1) is 0 Å². The van der Waals surface area contributed by atoms with Crippen molar-refractivity contribution in [3.63, 3.8) is 0 Å². The van der Waals surface area contributed by atoms with Gasteiger partial charge in [0.05, 0.1) is 45.4 Å². The van der Waals surface area contributed by atoms with Crippen molar-refractivity contribution in [1.29, 1.82) is 0 Å². The number of quaternary nitrogens is 1. The predicted octanol–water partition coefficient (Wildman–Crippen LogP) is -2.75. The molecule has 10 heteroatoms. The van der Waals surface area contributed by atoms with Gasteiger partial charge in [-0.1, -0.05) is 0 Å². The molecule has 0 heterocycles. The minimum Gasteiger partial charge on any atom is -1.00 e. The van der Waals surface area contributed by atoms with E-state index >= 15 is 0 Å². The van der Waals surface area contributed by atoms with Crippen molar-refractivity contribution in [3.8, 4) is 11.5 Å². The molecule has 0 bridgehead atoms. The van der Waals surface area contributed by atoms with Crippen molar-refractivity contribution in [2.75, 3.05) is 34.3 Å². The molecule has 1 rings (SSSR count). The summed E-state index contributed by atoms with van der Waals surface area (Å²) in [6.45, 7) is 1.49. The second-order valence-electron chi connectivity index (χ2n) is 7.09. The number of hydrogen-bond donors (Lipinski definition) is 5. The zero-order valence-electron chi connectivity index (χ0n) is 16.0. The molecule has 0 saturated heterocycles. The summed E-state index contributed by atoms with van der Waals surface area (Å²) in [4.78, 5) is 23.5. The summed E-state index contributed by atoms with van der Waals surface area (Å²) in [5.41, 5.74) is 3.88. The predicted molar refractivity (Wildman–Crippen MR) is 98.3 cm³/mol. The van der Waals surface area contributed by atoms with Crippen LogP contribution in [0.15, 0.2) is 12.1 Å². The Morgan fingerprint density at radius 3 is 2.11 bits per heavy atom. The van der Waals surface area contributed by atoms with Crippen molar-refractivity contribution in [1.82, 2.24) is 10.9 Å². The van der Waals surface area contributed by atoms with E-state index in [0.29, 0.717) is 6.61 Å². The van der Waals surface area contributed by atoms with E-state index in [1.54, 1.807) is 0 Å². The minimum atomic E-state index is -0.688. The van der Waals surface area contributed by atoms with Gasteiger partial charge in [0.2, 0.25) is 0 Å². The number of carbonyl (C=O) groups is 2. The van der Waals surface area contributed by atoms with E-state index in [4.69, 9.17) is 16.4 Å². The number of nitrogen functional groups attached to an aromatic ring is 2. The average Bonchev–Trinajstić information content (AvgIpc) is 2.59. The van der Waals surface area contributed by atoms with Gasteiger partial charge in [0.15, 0.2) is 0 Å². The quantitative estimate of drug-likeness (QED) is 0.0943. The lowest BCUT2D eigenvalue weighted by atomic mass is 10.1. The van der Waals surface area contributed by atoms with Crippen LogP contribution in [0.4, 0.5) is 0 Å². The molecule has 0 radical (unpaired) electrons. The SMILES string of the molecule is C[N+](C)(C)CCCCCCOc1cc(C(=O)NN)c(O)cc1C(=O)NN.[Cl-]. The van der Waals surface area contributed by atoms with Gasteiger partial charge in [0.25, 0.3) is 11.8 Å². The van der Waals surface area contributed by atoms with Crippen LogP contribution in [-0.2, 0) is 0 Å². The van der Waals surface area contributed by atoms with E-state index in [1.807, 2.05) is 10.9 Å². The standard InChI is InChI=1S/C17H29N5O4.ClH/c1-22(2,3)8-6-4-5-7-9-26-15-11-12(16(24)20-18)14(23)10-13(15)17(25)21-19;/h10-11H,4-9H2,1-3H3,(H6-,18,19,20,21,23,24,25);1H. The van der Waals surface area contributed by atoms with Crippen LogP contribution in [0, 0.1) is 0 Å². The summed E-state index contributed by atoms with van der Waals surface area (Å²) in [6.07, 6.45) is 4.02. The normalized spacial score (nSPS) is 10.7. The van der Waals surface area contributed by atoms with Gasteiger partial charge in [-0.25, -0.2) is 11.7 Å². The molecule has 0 aliphatic heterocycles.